The van der Waals surface area contributed by atoms with E-state index in [0.29, 0.717) is 0 Å². The molecular weight excluding hydrogens is 182 g/mol. The van der Waals surface area contributed by atoms with Gasteiger partial charge in [0.05, 0.1) is 0 Å². The smallest absolute Gasteiger partial charge is 0.00669 e. The molecule has 1 atom stereocenters. The predicted molar refractivity (Wildman–Crippen MR) is 68.1 cm³/mol. The zero-order chi connectivity index (χ0) is 11.1. The molecule has 1 N–H and O–H groups in total. The fraction of sp³-hybridized carbons (Fsp3) is 1.00. The Hall–Kier alpha value is -0.0400. The molecule has 1 saturated carbocycles. The van der Waals surface area contributed by atoms with Crippen molar-refractivity contribution in [2.45, 2.75) is 71.8 Å². The van der Waals surface area contributed by atoms with Crippen molar-refractivity contribution in [3.8, 4) is 0 Å². The minimum absolute atomic E-state index is 0.738. The zero-order valence-electron chi connectivity index (χ0n) is 10.9. The van der Waals surface area contributed by atoms with Crippen LogP contribution < -0.4 is 5.32 Å². The third kappa shape index (κ3) is 5.55. The minimum atomic E-state index is 0.738. The van der Waals surface area contributed by atoms with Gasteiger partial charge in [0.2, 0.25) is 0 Å². The van der Waals surface area contributed by atoms with Gasteiger partial charge in [0.25, 0.3) is 0 Å². The van der Waals surface area contributed by atoms with Crippen molar-refractivity contribution in [3.63, 3.8) is 0 Å². The first-order valence-corrected chi connectivity index (χ1v) is 6.93. The Labute approximate surface area is 96.0 Å². The van der Waals surface area contributed by atoms with Crippen LogP contribution in [-0.2, 0) is 0 Å². The van der Waals surface area contributed by atoms with E-state index in [1.54, 1.807) is 0 Å². The van der Waals surface area contributed by atoms with E-state index in [0.717, 1.165) is 17.9 Å². The molecule has 1 heteroatoms. The molecule has 0 heterocycles. The van der Waals surface area contributed by atoms with Crippen LogP contribution in [0.15, 0.2) is 0 Å². The van der Waals surface area contributed by atoms with Crippen LogP contribution in [0.25, 0.3) is 0 Å². The molecule has 0 aromatic rings. The summed E-state index contributed by atoms with van der Waals surface area (Å²) in [5.74, 6) is 1.78. The van der Waals surface area contributed by atoms with Crippen LogP contribution in [0.3, 0.4) is 0 Å². The van der Waals surface area contributed by atoms with Crippen LogP contribution in [0.4, 0.5) is 0 Å². The summed E-state index contributed by atoms with van der Waals surface area (Å²) >= 11 is 0. The molecular formula is C14H29N. The molecule has 1 aliphatic carbocycles. The summed E-state index contributed by atoms with van der Waals surface area (Å²) in [7, 11) is 0. The van der Waals surface area contributed by atoms with Gasteiger partial charge < -0.3 is 5.32 Å². The third-order valence-electron chi connectivity index (χ3n) is 3.79. The molecule has 1 fully saturated rings. The van der Waals surface area contributed by atoms with Crippen LogP contribution in [0.2, 0.25) is 0 Å². The predicted octanol–water partition coefficient (Wildman–Crippen LogP) is 3.98. The standard InChI is InChI=1S/C14H29N/c1-12(2)10-11-15-13(3)14-8-6-4-5-7-9-14/h12-15H,4-11H2,1-3H3/t13-/m1/s1. The molecule has 0 aromatic heterocycles. The van der Waals surface area contributed by atoms with Crippen molar-refractivity contribution in [1.82, 2.24) is 5.32 Å². The lowest BCUT2D eigenvalue weighted by atomic mass is 9.93. The second-order valence-electron chi connectivity index (χ2n) is 5.68. The van der Waals surface area contributed by atoms with E-state index in [1.807, 2.05) is 0 Å². The molecule has 15 heavy (non-hydrogen) atoms. The Morgan fingerprint density at radius 1 is 1.00 bits per heavy atom. The highest BCUT2D eigenvalue weighted by molar-refractivity contribution is 4.74. The van der Waals surface area contributed by atoms with E-state index in [4.69, 9.17) is 0 Å². The summed E-state index contributed by atoms with van der Waals surface area (Å²) in [5, 5.41) is 3.71. The monoisotopic (exact) mass is 211 g/mol. The largest absolute Gasteiger partial charge is 0.314 e. The SMILES string of the molecule is CC(C)CCN[C@H](C)C1CCCCCC1. The summed E-state index contributed by atoms with van der Waals surface area (Å²) in [6.45, 7) is 8.20. The molecule has 1 rings (SSSR count). The van der Waals surface area contributed by atoms with Gasteiger partial charge in [0.15, 0.2) is 0 Å². The first-order valence-electron chi connectivity index (χ1n) is 6.93. The fourth-order valence-corrected chi connectivity index (χ4v) is 2.58. The van der Waals surface area contributed by atoms with Crippen LogP contribution in [0.5, 0.6) is 0 Å². The summed E-state index contributed by atoms with van der Waals surface area (Å²) < 4.78 is 0. The van der Waals surface area contributed by atoms with Gasteiger partial charge in [-0.1, -0.05) is 39.5 Å². The number of nitrogens with one attached hydrogen (secondary N) is 1. The van der Waals surface area contributed by atoms with Crippen LogP contribution in [0, 0.1) is 11.8 Å². The van der Waals surface area contributed by atoms with Gasteiger partial charge in [-0.25, -0.2) is 0 Å². The van der Waals surface area contributed by atoms with Crippen molar-refractivity contribution in [2.24, 2.45) is 11.8 Å². The highest BCUT2D eigenvalue weighted by Crippen LogP contribution is 2.25. The van der Waals surface area contributed by atoms with Gasteiger partial charge >= 0.3 is 0 Å². The van der Waals surface area contributed by atoms with E-state index in [2.05, 4.69) is 26.1 Å². The van der Waals surface area contributed by atoms with Crippen LogP contribution in [0.1, 0.15) is 65.7 Å². The molecule has 0 saturated heterocycles. The molecule has 0 spiro atoms. The zero-order valence-corrected chi connectivity index (χ0v) is 10.9. The second kappa shape index (κ2) is 7.27. The molecule has 0 aromatic carbocycles. The van der Waals surface area contributed by atoms with E-state index in [9.17, 15) is 0 Å². The highest BCUT2D eigenvalue weighted by Gasteiger charge is 2.18. The van der Waals surface area contributed by atoms with Crippen LogP contribution >= 0.6 is 0 Å². The normalized spacial score (nSPS) is 21.6. The molecule has 0 aliphatic heterocycles. The summed E-state index contributed by atoms with van der Waals surface area (Å²) in [6.07, 6.45) is 10.1. The lowest BCUT2D eigenvalue weighted by Gasteiger charge is -2.24. The van der Waals surface area contributed by atoms with E-state index >= 15 is 0 Å². The van der Waals surface area contributed by atoms with E-state index in [-0.39, 0.29) is 0 Å². The van der Waals surface area contributed by atoms with Crippen molar-refractivity contribution < 1.29 is 0 Å². The summed E-state index contributed by atoms with van der Waals surface area (Å²) in [4.78, 5) is 0. The van der Waals surface area contributed by atoms with Gasteiger partial charge in [-0.15, -0.1) is 0 Å². The topological polar surface area (TPSA) is 12.0 Å². The third-order valence-corrected chi connectivity index (χ3v) is 3.79. The maximum Gasteiger partial charge on any atom is 0.00669 e. The number of rotatable bonds is 5. The molecule has 1 aliphatic rings. The summed E-state index contributed by atoms with van der Waals surface area (Å²) in [6, 6.07) is 0.738. The van der Waals surface area contributed by atoms with Gasteiger partial charge in [-0.3, -0.25) is 0 Å². The van der Waals surface area contributed by atoms with Gasteiger partial charge in [-0.05, 0) is 44.6 Å². The van der Waals surface area contributed by atoms with Gasteiger partial charge in [0.1, 0.15) is 0 Å². The van der Waals surface area contributed by atoms with Gasteiger partial charge in [-0.2, -0.15) is 0 Å². The van der Waals surface area contributed by atoms with Crippen molar-refractivity contribution >= 4 is 0 Å². The highest BCUT2D eigenvalue weighted by atomic mass is 14.9. The number of hydrogen-bond acceptors (Lipinski definition) is 1. The van der Waals surface area contributed by atoms with E-state index in [1.165, 1.54) is 51.5 Å². The molecule has 0 radical (unpaired) electrons. The average molecular weight is 211 g/mol. The van der Waals surface area contributed by atoms with Gasteiger partial charge in [0, 0.05) is 6.04 Å². The number of hydrogen-bond donors (Lipinski definition) is 1. The first kappa shape index (κ1) is 13.0. The average Bonchev–Trinajstić information content (AvgIpc) is 2.44. The van der Waals surface area contributed by atoms with Crippen molar-refractivity contribution in [2.75, 3.05) is 6.54 Å². The van der Waals surface area contributed by atoms with E-state index < -0.39 is 0 Å². The summed E-state index contributed by atoms with van der Waals surface area (Å²) in [5.41, 5.74) is 0. The Balaban J connectivity index is 2.16. The quantitative estimate of drug-likeness (QED) is 0.678. The maximum atomic E-state index is 3.71. The van der Waals surface area contributed by atoms with Crippen molar-refractivity contribution in [3.05, 3.63) is 0 Å². The fourth-order valence-electron chi connectivity index (χ4n) is 2.58. The van der Waals surface area contributed by atoms with Crippen molar-refractivity contribution in [1.29, 1.82) is 0 Å². The Bertz CT molecular complexity index is 145. The Kier molecular flexibility index (Phi) is 6.31. The first-order chi connectivity index (χ1) is 7.20. The second-order valence-corrected chi connectivity index (χ2v) is 5.68. The molecule has 90 valence electrons. The maximum absolute atomic E-state index is 3.71. The molecule has 0 unspecified atom stereocenters. The lowest BCUT2D eigenvalue weighted by Crippen LogP contribution is -2.34. The Morgan fingerprint density at radius 3 is 2.13 bits per heavy atom. The lowest BCUT2D eigenvalue weighted by molar-refractivity contribution is 0.331. The molecule has 1 nitrogen and oxygen atoms in total. The Morgan fingerprint density at radius 2 is 1.60 bits per heavy atom. The molecule has 0 amide bonds. The minimum Gasteiger partial charge on any atom is -0.314 e. The molecule has 0 bridgehead atoms. The van der Waals surface area contributed by atoms with Crippen LogP contribution in [-0.4, -0.2) is 12.6 Å².